The van der Waals surface area contributed by atoms with Crippen molar-refractivity contribution in [2.75, 3.05) is 11.9 Å². The monoisotopic (exact) mass is 393 g/mol. The highest BCUT2D eigenvalue weighted by atomic mass is 32.1. The van der Waals surface area contributed by atoms with Gasteiger partial charge in [0, 0.05) is 43.0 Å². The van der Waals surface area contributed by atoms with Gasteiger partial charge in [-0.1, -0.05) is 6.92 Å². The van der Waals surface area contributed by atoms with Gasteiger partial charge in [-0.25, -0.2) is 9.97 Å². The smallest absolute Gasteiger partial charge is 0.228 e. The first kappa shape index (κ1) is 19.9. The van der Waals surface area contributed by atoms with Crippen molar-refractivity contribution < 1.29 is 0 Å². The molecule has 0 aliphatic heterocycles. The lowest BCUT2D eigenvalue weighted by Crippen LogP contribution is -2.29. The topological polar surface area (TPSA) is 105 Å². The van der Waals surface area contributed by atoms with E-state index in [9.17, 15) is 5.26 Å². The van der Waals surface area contributed by atoms with E-state index >= 15 is 0 Å². The SMILES string of the molecule is Cn1ccc(Nc2nccc(-c3cc(C#N)c4c(c3)[C@@](C)(CN)CC4)n2)n1.S. The Morgan fingerprint density at radius 1 is 1.36 bits per heavy atom. The number of hydrogen-bond donors (Lipinski definition) is 2. The van der Waals surface area contributed by atoms with Gasteiger partial charge in [-0.05, 0) is 42.2 Å². The lowest BCUT2D eigenvalue weighted by molar-refractivity contribution is 0.482. The van der Waals surface area contributed by atoms with Gasteiger partial charge >= 0.3 is 0 Å². The standard InChI is InChI=1S/C20H21N7.H2S/c1-20(12-22)6-3-15-14(11-21)9-13(10-16(15)20)17-4-7-23-19(24-17)25-18-5-8-27(2)26-18;/h4-5,7-10H,3,6,12,22H2,1-2H3,(H,23,24,25,26);1H2/t20-;/m1./s1. The highest BCUT2D eigenvalue weighted by Crippen LogP contribution is 2.41. The van der Waals surface area contributed by atoms with Crippen LogP contribution >= 0.6 is 13.5 Å². The third-order valence-electron chi connectivity index (χ3n) is 5.30. The molecule has 1 aromatic carbocycles. The summed E-state index contributed by atoms with van der Waals surface area (Å²) in [7, 11) is 1.85. The highest BCUT2D eigenvalue weighted by molar-refractivity contribution is 7.59. The van der Waals surface area contributed by atoms with E-state index in [1.165, 1.54) is 0 Å². The van der Waals surface area contributed by atoms with Gasteiger partial charge < -0.3 is 11.1 Å². The molecule has 2 heterocycles. The second kappa shape index (κ2) is 7.62. The van der Waals surface area contributed by atoms with Gasteiger partial charge in [0.25, 0.3) is 0 Å². The van der Waals surface area contributed by atoms with Gasteiger partial charge in [0.05, 0.1) is 17.3 Å². The van der Waals surface area contributed by atoms with E-state index < -0.39 is 0 Å². The summed E-state index contributed by atoms with van der Waals surface area (Å²) in [6, 6.07) is 10.1. The van der Waals surface area contributed by atoms with E-state index in [0.29, 0.717) is 23.9 Å². The van der Waals surface area contributed by atoms with Crippen LogP contribution in [-0.2, 0) is 18.9 Å². The van der Waals surface area contributed by atoms with Gasteiger partial charge in [0.1, 0.15) is 0 Å². The minimum absolute atomic E-state index is 0. The minimum Gasteiger partial charge on any atom is -0.330 e. The van der Waals surface area contributed by atoms with Gasteiger partial charge in [0.2, 0.25) is 5.95 Å². The lowest BCUT2D eigenvalue weighted by atomic mass is 9.82. The molecule has 1 aliphatic carbocycles. The van der Waals surface area contributed by atoms with Crippen molar-refractivity contribution in [2.24, 2.45) is 12.8 Å². The Balaban J connectivity index is 0.00000225. The van der Waals surface area contributed by atoms with Crippen molar-refractivity contribution in [3.05, 3.63) is 53.3 Å². The number of anilines is 2. The van der Waals surface area contributed by atoms with Crippen LogP contribution in [0.15, 0.2) is 36.7 Å². The van der Waals surface area contributed by atoms with Crippen LogP contribution in [0.25, 0.3) is 11.3 Å². The van der Waals surface area contributed by atoms with Gasteiger partial charge in [0.15, 0.2) is 5.82 Å². The summed E-state index contributed by atoms with van der Waals surface area (Å²) < 4.78 is 1.71. The van der Waals surface area contributed by atoms with Crippen molar-refractivity contribution in [1.29, 1.82) is 5.26 Å². The number of nitrogens with one attached hydrogen (secondary N) is 1. The molecule has 1 aliphatic rings. The Hall–Kier alpha value is -2.89. The summed E-state index contributed by atoms with van der Waals surface area (Å²) in [5, 5.41) is 17.0. The van der Waals surface area contributed by atoms with Crippen molar-refractivity contribution in [3.8, 4) is 17.3 Å². The third-order valence-corrected chi connectivity index (χ3v) is 5.30. The highest BCUT2D eigenvalue weighted by Gasteiger charge is 2.35. The molecule has 8 heteroatoms. The summed E-state index contributed by atoms with van der Waals surface area (Å²) in [5.41, 5.74) is 10.6. The summed E-state index contributed by atoms with van der Waals surface area (Å²) in [4.78, 5) is 8.88. The number of aryl methyl sites for hydroxylation is 1. The molecule has 0 radical (unpaired) electrons. The molecule has 144 valence electrons. The fraction of sp³-hybridized carbons (Fsp3) is 0.300. The number of nitriles is 1. The zero-order chi connectivity index (χ0) is 19.0. The van der Waals surface area contributed by atoms with Crippen LogP contribution in [0.3, 0.4) is 0 Å². The van der Waals surface area contributed by atoms with Crippen LogP contribution in [0.1, 0.15) is 30.0 Å². The van der Waals surface area contributed by atoms with Gasteiger partial charge in [-0.15, -0.1) is 0 Å². The number of nitrogens with two attached hydrogens (primary N) is 1. The van der Waals surface area contributed by atoms with Crippen molar-refractivity contribution in [2.45, 2.75) is 25.2 Å². The first-order valence-corrected chi connectivity index (χ1v) is 8.90. The van der Waals surface area contributed by atoms with Crippen molar-refractivity contribution in [3.63, 3.8) is 0 Å². The first-order chi connectivity index (χ1) is 13.0. The van der Waals surface area contributed by atoms with Gasteiger partial charge in [-0.2, -0.15) is 23.9 Å². The number of hydrogen-bond acceptors (Lipinski definition) is 6. The second-order valence-electron chi connectivity index (χ2n) is 7.19. The van der Waals surface area contributed by atoms with Crippen molar-refractivity contribution >= 4 is 25.3 Å². The van der Waals surface area contributed by atoms with E-state index in [1.54, 1.807) is 10.9 Å². The normalized spacial score (nSPS) is 17.5. The average molecular weight is 394 g/mol. The molecule has 2 aromatic heterocycles. The van der Waals surface area contributed by atoms with Crippen LogP contribution in [0.4, 0.5) is 11.8 Å². The van der Waals surface area contributed by atoms with Crippen LogP contribution in [0.5, 0.6) is 0 Å². The second-order valence-corrected chi connectivity index (χ2v) is 7.19. The molecular formula is C20H23N7S. The average Bonchev–Trinajstić information content (AvgIpc) is 3.25. The van der Waals surface area contributed by atoms with Crippen LogP contribution in [0.2, 0.25) is 0 Å². The molecule has 0 bridgehead atoms. The Kier molecular flexibility index (Phi) is 5.40. The number of rotatable bonds is 4. The lowest BCUT2D eigenvalue weighted by Gasteiger charge is -2.23. The molecule has 0 spiro atoms. The zero-order valence-electron chi connectivity index (χ0n) is 15.9. The number of fused-ring (bicyclic) bond motifs is 1. The van der Waals surface area contributed by atoms with E-state index in [0.717, 1.165) is 35.2 Å². The minimum atomic E-state index is -0.0982. The van der Waals surface area contributed by atoms with Crippen LogP contribution in [0, 0.1) is 11.3 Å². The van der Waals surface area contributed by atoms with E-state index in [2.05, 4.69) is 39.4 Å². The molecule has 3 N–H and O–H groups in total. The molecule has 7 nitrogen and oxygen atoms in total. The summed E-state index contributed by atoms with van der Waals surface area (Å²) in [6.45, 7) is 2.72. The largest absolute Gasteiger partial charge is 0.330 e. The number of benzene rings is 1. The molecule has 0 saturated carbocycles. The Morgan fingerprint density at radius 2 is 2.18 bits per heavy atom. The fourth-order valence-corrected chi connectivity index (χ4v) is 3.65. The van der Waals surface area contributed by atoms with Gasteiger partial charge in [-0.3, -0.25) is 4.68 Å². The Bertz CT molecular complexity index is 1050. The van der Waals surface area contributed by atoms with E-state index in [4.69, 9.17) is 5.73 Å². The maximum atomic E-state index is 9.63. The predicted molar refractivity (Wildman–Crippen MR) is 114 cm³/mol. The molecule has 0 unspecified atom stereocenters. The fourth-order valence-electron chi connectivity index (χ4n) is 3.65. The van der Waals surface area contributed by atoms with Crippen LogP contribution < -0.4 is 11.1 Å². The summed E-state index contributed by atoms with van der Waals surface area (Å²) in [6.07, 6.45) is 5.41. The number of nitrogens with zero attached hydrogens (tertiary/aromatic N) is 5. The molecule has 3 aromatic rings. The first-order valence-electron chi connectivity index (χ1n) is 8.90. The summed E-state index contributed by atoms with van der Waals surface area (Å²) >= 11 is 0. The zero-order valence-corrected chi connectivity index (χ0v) is 16.9. The molecule has 28 heavy (non-hydrogen) atoms. The van der Waals surface area contributed by atoms with Crippen molar-refractivity contribution in [1.82, 2.24) is 19.7 Å². The molecule has 0 amide bonds. The van der Waals surface area contributed by atoms with Crippen LogP contribution in [-0.4, -0.2) is 26.3 Å². The molecule has 1 atom stereocenters. The molecule has 4 rings (SSSR count). The van der Waals surface area contributed by atoms with E-state index in [1.807, 2.05) is 31.4 Å². The molecule has 0 fully saturated rings. The molecule has 0 saturated heterocycles. The Morgan fingerprint density at radius 3 is 2.86 bits per heavy atom. The molecular weight excluding hydrogens is 370 g/mol. The van der Waals surface area contributed by atoms with E-state index in [-0.39, 0.29) is 18.9 Å². The number of aromatic nitrogens is 4. The third kappa shape index (κ3) is 3.46. The maximum Gasteiger partial charge on any atom is 0.228 e. The Labute approximate surface area is 171 Å². The quantitative estimate of drug-likeness (QED) is 0.706. The maximum absolute atomic E-state index is 9.63. The predicted octanol–water partition coefficient (Wildman–Crippen LogP) is 2.77. The summed E-state index contributed by atoms with van der Waals surface area (Å²) in [5.74, 6) is 1.14.